The summed E-state index contributed by atoms with van der Waals surface area (Å²) in [7, 11) is 0. The highest BCUT2D eigenvalue weighted by molar-refractivity contribution is 6.02. The molecule has 2 N–H and O–H groups in total. The van der Waals surface area contributed by atoms with Crippen molar-refractivity contribution in [1.29, 1.82) is 0 Å². The number of carbonyl (C=O) groups is 2. The smallest absolute Gasteiger partial charge is 0.222 e. The zero-order valence-electron chi connectivity index (χ0n) is 18.0. The molecule has 0 bridgehead atoms. The molecule has 0 unspecified atom stereocenters. The van der Waals surface area contributed by atoms with Crippen molar-refractivity contribution in [3.8, 4) is 5.69 Å². The third kappa shape index (κ3) is 4.38. The first kappa shape index (κ1) is 20.8. The van der Waals surface area contributed by atoms with Crippen molar-refractivity contribution >= 4 is 17.5 Å². The number of ketones is 1. The number of rotatable bonds is 7. The third-order valence-electron chi connectivity index (χ3n) is 5.98. The fourth-order valence-corrected chi connectivity index (χ4v) is 4.06. The Bertz CT molecular complexity index is 1080. The summed E-state index contributed by atoms with van der Waals surface area (Å²) >= 11 is 0. The lowest BCUT2D eigenvalue weighted by molar-refractivity contribution is -0.130. The van der Waals surface area contributed by atoms with Crippen LogP contribution < -0.4 is 5.73 Å². The van der Waals surface area contributed by atoms with E-state index < -0.39 is 0 Å². The fraction of sp³-hybridized carbons (Fsp3) is 0.391. The van der Waals surface area contributed by atoms with Gasteiger partial charge in [-0.3, -0.25) is 9.59 Å². The Morgan fingerprint density at radius 3 is 2.68 bits per heavy atom. The van der Waals surface area contributed by atoms with Gasteiger partial charge in [0.25, 0.3) is 0 Å². The maximum absolute atomic E-state index is 13.1. The number of nitrogens with two attached hydrogens (primary N) is 1. The number of anilines is 1. The minimum Gasteiger partial charge on any atom is -0.383 e. The summed E-state index contributed by atoms with van der Waals surface area (Å²) in [5, 5.41) is 4.32. The van der Waals surface area contributed by atoms with Crippen LogP contribution in [0.1, 0.15) is 41.0 Å². The van der Waals surface area contributed by atoms with Crippen LogP contribution in [0.5, 0.6) is 0 Å². The van der Waals surface area contributed by atoms with Crippen LogP contribution in [0.2, 0.25) is 0 Å². The Morgan fingerprint density at radius 2 is 1.97 bits per heavy atom. The second-order valence-corrected chi connectivity index (χ2v) is 8.15. The number of hydrogen-bond acceptors (Lipinski definition) is 5. The van der Waals surface area contributed by atoms with Crippen molar-refractivity contribution in [2.45, 2.75) is 39.7 Å². The number of likely N-dealkylation sites (tertiary alicyclic amines) is 1. The predicted octanol–water partition coefficient (Wildman–Crippen LogP) is 2.78. The highest BCUT2D eigenvalue weighted by atomic mass is 16.2. The molecule has 1 fully saturated rings. The van der Waals surface area contributed by atoms with Crippen LogP contribution in [0.15, 0.2) is 42.9 Å². The monoisotopic (exact) mass is 420 g/mol. The molecular formula is C23H28N6O2. The van der Waals surface area contributed by atoms with E-state index in [1.54, 1.807) is 15.8 Å². The van der Waals surface area contributed by atoms with Crippen molar-refractivity contribution < 1.29 is 9.59 Å². The molecule has 1 atom stereocenters. The normalized spacial score (nSPS) is 16.1. The Kier molecular flexibility index (Phi) is 5.88. The molecule has 8 heteroatoms. The van der Waals surface area contributed by atoms with Crippen LogP contribution in [0.3, 0.4) is 0 Å². The zero-order chi connectivity index (χ0) is 22.0. The number of imidazole rings is 1. The molecular weight excluding hydrogens is 392 g/mol. The largest absolute Gasteiger partial charge is 0.383 e. The maximum Gasteiger partial charge on any atom is 0.222 e. The quantitative estimate of drug-likeness (QED) is 0.593. The molecule has 0 spiro atoms. The van der Waals surface area contributed by atoms with E-state index in [2.05, 4.69) is 10.1 Å². The summed E-state index contributed by atoms with van der Waals surface area (Å²) < 4.78 is 3.63. The summed E-state index contributed by atoms with van der Waals surface area (Å²) in [4.78, 5) is 31.6. The van der Waals surface area contributed by atoms with Crippen molar-refractivity contribution in [2.75, 3.05) is 18.8 Å². The summed E-state index contributed by atoms with van der Waals surface area (Å²) in [5.74, 6) is 1.10. The van der Waals surface area contributed by atoms with E-state index in [0.717, 1.165) is 30.0 Å². The van der Waals surface area contributed by atoms with Gasteiger partial charge in [0.05, 0.1) is 17.4 Å². The summed E-state index contributed by atoms with van der Waals surface area (Å²) in [5.41, 5.74) is 8.64. The second-order valence-electron chi connectivity index (χ2n) is 8.15. The first-order chi connectivity index (χ1) is 14.9. The molecule has 2 aromatic heterocycles. The van der Waals surface area contributed by atoms with Crippen LogP contribution >= 0.6 is 0 Å². The standard InChI is InChI=1S/C23H28N6O2/c1-16-5-7-19(8-6-16)29-23(24)20(14-26-29)22(31)18-9-12-28(15-18)21(30)4-3-11-27-13-10-25-17(27)2/h5-8,10,13-14,18H,3-4,9,11-12,15,24H2,1-2H3/t18-/m1/s1. The van der Waals surface area contributed by atoms with Crippen LogP contribution in [0.25, 0.3) is 5.69 Å². The fourth-order valence-electron chi connectivity index (χ4n) is 4.06. The van der Waals surface area contributed by atoms with Crippen LogP contribution in [-0.2, 0) is 11.3 Å². The maximum atomic E-state index is 13.1. The lowest BCUT2D eigenvalue weighted by atomic mass is 9.98. The van der Waals surface area contributed by atoms with Gasteiger partial charge in [-0.1, -0.05) is 17.7 Å². The lowest BCUT2D eigenvalue weighted by Crippen LogP contribution is -2.30. The molecule has 4 rings (SSSR count). The predicted molar refractivity (Wildman–Crippen MR) is 118 cm³/mol. The molecule has 162 valence electrons. The van der Waals surface area contributed by atoms with Crippen LogP contribution in [0.4, 0.5) is 5.82 Å². The Morgan fingerprint density at radius 1 is 1.19 bits per heavy atom. The Hall–Kier alpha value is -3.42. The van der Waals surface area contributed by atoms with Crippen LogP contribution in [0, 0.1) is 19.8 Å². The van der Waals surface area contributed by atoms with Gasteiger partial charge in [0, 0.05) is 44.4 Å². The lowest BCUT2D eigenvalue weighted by Gasteiger charge is -2.16. The van der Waals surface area contributed by atoms with E-state index in [1.165, 1.54) is 6.20 Å². The number of nitrogen functional groups attached to an aromatic ring is 1. The summed E-state index contributed by atoms with van der Waals surface area (Å²) in [6, 6.07) is 7.81. The van der Waals surface area contributed by atoms with E-state index in [-0.39, 0.29) is 17.6 Å². The van der Waals surface area contributed by atoms with Gasteiger partial charge < -0.3 is 15.2 Å². The number of nitrogens with zero attached hydrogens (tertiary/aromatic N) is 5. The molecule has 3 aromatic rings. The zero-order valence-corrected chi connectivity index (χ0v) is 18.0. The van der Waals surface area contributed by atoms with Gasteiger partial charge in [-0.2, -0.15) is 5.10 Å². The average Bonchev–Trinajstić information content (AvgIpc) is 3.49. The number of benzene rings is 1. The first-order valence-electron chi connectivity index (χ1n) is 10.6. The highest BCUT2D eigenvalue weighted by Gasteiger charge is 2.33. The number of carbonyl (C=O) groups excluding carboxylic acids is 2. The summed E-state index contributed by atoms with van der Waals surface area (Å²) in [6.45, 7) is 5.77. The number of hydrogen-bond donors (Lipinski definition) is 1. The van der Waals surface area contributed by atoms with E-state index in [0.29, 0.717) is 37.3 Å². The molecule has 8 nitrogen and oxygen atoms in total. The van der Waals surface area contributed by atoms with Crippen LogP contribution in [-0.4, -0.2) is 49.0 Å². The molecule has 1 aliphatic heterocycles. The summed E-state index contributed by atoms with van der Waals surface area (Å²) in [6.07, 6.45) is 7.09. The highest BCUT2D eigenvalue weighted by Crippen LogP contribution is 2.26. The third-order valence-corrected chi connectivity index (χ3v) is 5.98. The minimum absolute atomic E-state index is 0.0415. The van der Waals surface area contributed by atoms with Crippen molar-refractivity contribution in [3.63, 3.8) is 0 Å². The second kappa shape index (κ2) is 8.75. The molecule has 0 saturated carbocycles. The van der Waals surface area contributed by atoms with Gasteiger partial charge in [0.2, 0.25) is 5.91 Å². The number of amides is 1. The van der Waals surface area contributed by atoms with E-state index in [9.17, 15) is 9.59 Å². The van der Waals surface area contributed by atoms with Gasteiger partial charge in [0.1, 0.15) is 11.6 Å². The molecule has 31 heavy (non-hydrogen) atoms. The molecule has 0 radical (unpaired) electrons. The minimum atomic E-state index is -0.238. The first-order valence-corrected chi connectivity index (χ1v) is 10.6. The van der Waals surface area contributed by atoms with Crippen molar-refractivity contribution in [2.24, 2.45) is 5.92 Å². The van der Waals surface area contributed by atoms with Crippen molar-refractivity contribution in [3.05, 3.63) is 59.8 Å². The number of aromatic nitrogens is 4. The van der Waals surface area contributed by atoms with E-state index in [1.807, 2.05) is 48.9 Å². The number of aryl methyl sites for hydroxylation is 3. The SMILES string of the molecule is Cc1ccc(-n2ncc(C(=O)[C@@H]3CCN(C(=O)CCCn4ccnc4C)C3)c2N)cc1. The van der Waals surface area contributed by atoms with E-state index in [4.69, 9.17) is 5.73 Å². The molecule has 1 saturated heterocycles. The van der Waals surface area contributed by atoms with Crippen molar-refractivity contribution in [1.82, 2.24) is 24.2 Å². The Balaban J connectivity index is 1.34. The molecule has 1 aromatic carbocycles. The molecule has 3 heterocycles. The van der Waals surface area contributed by atoms with Gasteiger partial charge in [-0.15, -0.1) is 0 Å². The number of Topliss-reactive ketones (excluding diaryl/α,β-unsaturated/α-hetero) is 1. The average molecular weight is 421 g/mol. The van der Waals surface area contributed by atoms with Gasteiger partial charge in [-0.05, 0) is 38.8 Å². The topological polar surface area (TPSA) is 99.0 Å². The molecule has 1 amide bonds. The molecule has 1 aliphatic rings. The van der Waals surface area contributed by atoms with E-state index >= 15 is 0 Å². The van der Waals surface area contributed by atoms with Gasteiger partial charge in [-0.25, -0.2) is 9.67 Å². The molecule has 0 aliphatic carbocycles. The Labute approximate surface area is 181 Å². The van der Waals surface area contributed by atoms with Gasteiger partial charge in [0.15, 0.2) is 5.78 Å². The van der Waals surface area contributed by atoms with Gasteiger partial charge >= 0.3 is 0 Å².